The van der Waals surface area contributed by atoms with Gasteiger partial charge in [-0.1, -0.05) is 60.2 Å². The van der Waals surface area contributed by atoms with E-state index in [9.17, 15) is 14.4 Å². The number of primary amides is 1. The van der Waals surface area contributed by atoms with Crippen LogP contribution in [-0.4, -0.2) is 33.4 Å². The highest BCUT2D eigenvalue weighted by Gasteiger charge is 2.27. The van der Waals surface area contributed by atoms with Gasteiger partial charge in [-0.15, -0.1) is 0 Å². The molecule has 29 heavy (non-hydrogen) atoms. The van der Waals surface area contributed by atoms with Gasteiger partial charge in [-0.25, -0.2) is 0 Å². The molecule has 0 unspecified atom stereocenters. The predicted octanol–water partition coefficient (Wildman–Crippen LogP) is 1.79. The van der Waals surface area contributed by atoms with Crippen molar-refractivity contribution < 1.29 is 14.4 Å². The fraction of sp³-hybridized carbons (Fsp3) is 0.182. The Balaban J connectivity index is 1.89. The van der Waals surface area contributed by atoms with Gasteiger partial charge in [-0.05, 0) is 12.5 Å². The highest BCUT2D eigenvalue weighted by atomic mass is 16.2. The molecule has 0 saturated heterocycles. The molecule has 148 valence electrons. The minimum absolute atomic E-state index is 0.161. The first-order valence-corrected chi connectivity index (χ1v) is 9.14. The second-order valence-electron chi connectivity index (χ2n) is 6.88. The SMILES string of the molecule is Cc1ccc(-c2nn(C)cc2C(=O)N[C@@H](Cc2ccccc2)C(=O)C(N)=O)cc1. The summed E-state index contributed by atoms with van der Waals surface area (Å²) >= 11 is 0. The van der Waals surface area contributed by atoms with Crippen LogP contribution in [0.3, 0.4) is 0 Å². The molecule has 0 aliphatic carbocycles. The number of hydrogen-bond acceptors (Lipinski definition) is 4. The smallest absolute Gasteiger partial charge is 0.287 e. The van der Waals surface area contributed by atoms with Crippen molar-refractivity contribution >= 4 is 17.6 Å². The van der Waals surface area contributed by atoms with Crippen molar-refractivity contribution in [1.29, 1.82) is 0 Å². The highest BCUT2D eigenvalue weighted by molar-refractivity contribution is 6.38. The molecule has 0 aliphatic rings. The fourth-order valence-corrected chi connectivity index (χ4v) is 3.05. The zero-order valence-corrected chi connectivity index (χ0v) is 16.3. The monoisotopic (exact) mass is 390 g/mol. The number of carbonyl (C=O) groups is 3. The molecule has 2 aromatic carbocycles. The molecule has 0 aliphatic heterocycles. The molecule has 1 atom stereocenters. The van der Waals surface area contributed by atoms with Crippen LogP contribution >= 0.6 is 0 Å². The van der Waals surface area contributed by atoms with E-state index in [1.165, 1.54) is 4.68 Å². The van der Waals surface area contributed by atoms with Gasteiger partial charge in [0.05, 0.1) is 5.56 Å². The summed E-state index contributed by atoms with van der Waals surface area (Å²) in [6.07, 6.45) is 1.74. The Morgan fingerprint density at radius 2 is 1.72 bits per heavy atom. The number of rotatable bonds is 7. The Morgan fingerprint density at radius 3 is 2.34 bits per heavy atom. The van der Waals surface area contributed by atoms with E-state index in [2.05, 4.69) is 10.4 Å². The lowest BCUT2D eigenvalue weighted by Crippen LogP contribution is -2.47. The standard InChI is InChI=1S/C22H22N4O3/c1-14-8-10-16(11-9-14)19-17(13-26(2)25-19)22(29)24-18(20(27)21(23)28)12-15-6-4-3-5-7-15/h3-11,13,18H,12H2,1-2H3,(H2,23,28)(H,24,29)/t18-/m0/s1. The number of carbonyl (C=O) groups excluding carboxylic acids is 3. The van der Waals surface area contributed by atoms with Crippen LogP contribution in [0.15, 0.2) is 60.8 Å². The van der Waals surface area contributed by atoms with Gasteiger partial charge in [-0.3, -0.25) is 19.1 Å². The topological polar surface area (TPSA) is 107 Å². The molecule has 2 amide bonds. The summed E-state index contributed by atoms with van der Waals surface area (Å²) in [5.74, 6) is -2.43. The van der Waals surface area contributed by atoms with Crippen LogP contribution < -0.4 is 11.1 Å². The van der Waals surface area contributed by atoms with Crippen LogP contribution in [0.1, 0.15) is 21.5 Å². The summed E-state index contributed by atoms with van der Waals surface area (Å²) in [6.45, 7) is 1.97. The van der Waals surface area contributed by atoms with Crippen LogP contribution in [-0.2, 0) is 23.1 Å². The molecule has 1 heterocycles. The minimum Gasteiger partial charge on any atom is -0.363 e. The van der Waals surface area contributed by atoms with E-state index in [1.54, 1.807) is 13.2 Å². The number of aryl methyl sites for hydroxylation is 2. The third-order valence-corrected chi connectivity index (χ3v) is 4.55. The number of amides is 2. The summed E-state index contributed by atoms with van der Waals surface area (Å²) in [4.78, 5) is 36.8. The van der Waals surface area contributed by atoms with Crippen molar-refractivity contribution in [3.8, 4) is 11.3 Å². The molecule has 3 rings (SSSR count). The van der Waals surface area contributed by atoms with Crippen LogP contribution in [0.5, 0.6) is 0 Å². The molecule has 0 radical (unpaired) electrons. The van der Waals surface area contributed by atoms with Gasteiger partial charge in [0.15, 0.2) is 0 Å². The number of Topliss-reactive ketones (excluding diaryl/α,β-unsaturated/α-hetero) is 1. The third kappa shape index (κ3) is 4.76. The van der Waals surface area contributed by atoms with E-state index in [0.29, 0.717) is 11.3 Å². The predicted molar refractivity (Wildman–Crippen MR) is 109 cm³/mol. The molecule has 0 saturated carbocycles. The van der Waals surface area contributed by atoms with E-state index in [1.807, 2.05) is 61.5 Å². The lowest BCUT2D eigenvalue weighted by Gasteiger charge is -2.16. The van der Waals surface area contributed by atoms with Crippen molar-refractivity contribution in [2.45, 2.75) is 19.4 Å². The zero-order valence-electron chi connectivity index (χ0n) is 16.3. The number of nitrogens with zero attached hydrogens (tertiary/aromatic N) is 2. The van der Waals surface area contributed by atoms with Gasteiger partial charge in [0.25, 0.3) is 11.8 Å². The number of ketones is 1. The molecule has 1 aromatic heterocycles. The van der Waals surface area contributed by atoms with Gasteiger partial charge in [0.1, 0.15) is 11.7 Å². The average Bonchev–Trinajstić information content (AvgIpc) is 3.10. The fourth-order valence-electron chi connectivity index (χ4n) is 3.05. The van der Waals surface area contributed by atoms with E-state index in [0.717, 1.165) is 16.7 Å². The van der Waals surface area contributed by atoms with Crippen molar-refractivity contribution in [3.63, 3.8) is 0 Å². The Labute approximate surface area is 168 Å². The number of benzene rings is 2. The molecule has 0 fully saturated rings. The second-order valence-corrected chi connectivity index (χ2v) is 6.88. The van der Waals surface area contributed by atoms with Gasteiger partial charge in [-0.2, -0.15) is 5.10 Å². The van der Waals surface area contributed by atoms with Crippen LogP contribution in [0.2, 0.25) is 0 Å². The molecular formula is C22H22N4O3. The summed E-state index contributed by atoms with van der Waals surface area (Å²) in [5, 5.41) is 7.04. The Kier molecular flexibility index (Phi) is 5.87. The summed E-state index contributed by atoms with van der Waals surface area (Å²) in [7, 11) is 1.71. The maximum Gasteiger partial charge on any atom is 0.287 e. The second kappa shape index (κ2) is 8.52. The highest BCUT2D eigenvalue weighted by Crippen LogP contribution is 2.22. The van der Waals surface area contributed by atoms with E-state index >= 15 is 0 Å². The minimum atomic E-state index is -1.09. The van der Waals surface area contributed by atoms with Crippen molar-refractivity contribution in [1.82, 2.24) is 15.1 Å². The largest absolute Gasteiger partial charge is 0.363 e. The quantitative estimate of drug-likeness (QED) is 0.600. The molecule has 0 bridgehead atoms. The molecule has 3 aromatic rings. The lowest BCUT2D eigenvalue weighted by molar-refractivity contribution is -0.137. The van der Waals surface area contributed by atoms with Crippen molar-refractivity contribution in [3.05, 3.63) is 77.5 Å². The van der Waals surface area contributed by atoms with Crippen molar-refractivity contribution in [2.24, 2.45) is 12.8 Å². The third-order valence-electron chi connectivity index (χ3n) is 4.55. The number of aromatic nitrogens is 2. The molecule has 0 spiro atoms. The lowest BCUT2D eigenvalue weighted by atomic mass is 10.0. The summed E-state index contributed by atoms with van der Waals surface area (Å²) in [5.41, 5.74) is 8.67. The molecular weight excluding hydrogens is 368 g/mol. The van der Waals surface area contributed by atoms with E-state index in [4.69, 9.17) is 5.73 Å². The Morgan fingerprint density at radius 1 is 1.07 bits per heavy atom. The summed E-state index contributed by atoms with van der Waals surface area (Å²) < 4.78 is 1.53. The number of nitrogens with one attached hydrogen (secondary N) is 1. The Hall–Kier alpha value is -3.74. The van der Waals surface area contributed by atoms with Crippen LogP contribution in [0.4, 0.5) is 0 Å². The van der Waals surface area contributed by atoms with Gasteiger partial charge >= 0.3 is 0 Å². The summed E-state index contributed by atoms with van der Waals surface area (Å²) in [6, 6.07) is 15.7. The van der Waals surface area contributed by atoms with Gasteiger partial charge in [0, 0.05) is 25.2 Å². The Bertz CT molecular complexity index is 1040. The van der Waals surface area contributed by atoms with E-state index in [-0.39, 0.29) is 6.42 Å². The molecule has 7 heteroatoms. The first kappa shape index (κ1) is 20.0. The van der Waals surface area contributed by atoms with Gasteiger partial charge < -0.3 is 11.1 Å². The maximum atomic E-state index is 13.0. The van der Waals surface area contributed by atoms with Crippen LogP contribution in [0, 0.1) is 6.92 Å². The van der Waals surface area contributed by atoms with Crippen molar-refractivity contribution in [2.75, 3.05) is 0 Å². The van der Waals surface area contributed by atoms with E-state index < -0.39 is 23.6 Å². The number of hydrogen-bond donors (Lipinski definition) is 2. The normalized spacial score (nSPS) is 11.7. The maximum absolute atomic E-state index is 13.0. The van der Waals surface area contributed by atoms with Gasteiger partial charge in [0.2, 0.25) is 5.78 Å². The average molecular weight is 390 g/mol. The molecule has 3 N–H and O–H groups in total. The zero-order chi connectivity index (χ0) is 21.0. The first-order valence-electron chi connectivity index (χ1n) is 9.14. The first-order chi connectivity index (χ1) is 13.8. The van der Waals surface area contributed by atoms with Crippen LogP contribution in [0.25, 0.3) is 11.3 Å². The number of nitrogens with two attached hydrogens (primary N) is 1. The molecule has 7 nitrogen and oxygen atoms in total.